The van der Waals surface area contributed by atoms with Crippen LogP contribution in [-0.2, 0) is 10.0 Å². The minimum absolute atomic E-state index is 0.0408. The van der Waals surface area contributed by atoms with E-state index in [4.69, 9.17) is 5.26 Å². The lowest BCUT2D eigenvalue weighted by Gasteiger charge is -2.08. The van der Waals surface area contributed by atoms with Gasteiger partial charge in [0.15, 0.2) is 0 Å². The van der Waals surface area contributed by atoms with E-state index in [0.717, 1.165) is 5.69 Å². The van der Waals surface area contributed by atoms with Crippen molar-refractivity contribution in [1.29, 1.82) is 5.26 Å². The van der Waals surface area contributed by atoms with E-state index in [1.54, 1.807) is 25.1 Å². The van der Waals surface area contributed by atoms with Crippen molar-refractivity contribution in [2.75, 3.05) is 22.3 Å². The van der Waals surface area contributed by atoms with E-state index in [2.05, 4.69) is 10.0 Å². The van der Waals surface area contributed by atoms with Crippen molar-refractivity contribution in [2.24, 2.45) is 0 Å². The first kappa shape index (κ1) is 13.3. The number of nitrogens with zero attached hydrogens (tertiary/aromatic N) is 1. The molecule has 1 rings (SSSR count). The van der Waals surface area contributed by atoms with Gasteiger partial charge in [0, 0.05) is 12.2 Å². The first-order valence-electron chi connectivity index (χ1n) is 5.29. The molecule has 0 saturated heterocycles. The molecule has 0 spiro atoms. The van der Waals surface area contributed by atoms with E-state index in [0.29, 0.717) is 18.7 Å². The molecule has 1 aromatic rings. The highest BCUT2D eigenvalue weighted by atomic mass is 32.2. The van der Waals surface area contributed by atoms with Crippen LogP contribution in [0.2, 0.25) is 0 Å². The molecule has 92 valence electrons. The summed E-state index contributed by atoms with van der Waals surface area (Å²) in [6.07, 6.45) is 0.408. The van der Waals surface area contributed by atoms with E-state index in [1.807, 2.05) is 12.1 Å². The van der Waals surface area contributed by atoms with E-state index in [1.165, 1.54) is 0 Å². The molecule has 0 heterocycles. The molecule has 0 aliphatic rings. The summed E-state index contributed by atoms with van der Waals surface area (Å²) in [4.78, 5) is 0. The third-order valence-electron chi connectivity index (χ3n) is 2.08. The molecule has 6 heteroatoms. The standard InChI is InChI=1S/C11H15N3O2S/c1-2-17(15,16)14-11-6-3-5-10(9-11)13-8-4-7-12/h3,5-6,9,13-14H,2,4,8H2,1H3. The van der Waals surface area contributed by atoms with Gasteiger partial charge in [0.25, 0.3) is 0 Å². The topological polar surface area (TPSA) is 82.0 Å². The van der Waals surface area contributed by atoms with Gasteiger partial charge in [0.1, 0.15) is 0 Å². The zero-order valence-electron chi connectivity index (χ0n) is 9.60. The molecular formula is C11H15N3O2S. The van der Waals surface area contributed by atoms with Gasteiger partial charge in [-0.15, -0.1) is 0 Å². The van der Waals surface area contributed by atoms with Crippen LogP contribution in [0.5, 0.6) is 0 Å². The second kappa shape index (κ2) is 6.11. The Labute approximate surface area is 102 Å². The lowest BCUT2D eigenvalue weighted by molar-refractivity contribution is 0.602. The molecule has 0 aliphatic heterocycles. The molecule has 0 bridgehead atoms. The van der Waals surface area contributed by atoms with Gasteiger partial charge in [-0.05, 0) is 25.1 Å². The van der Waals surface area contributed by atoms with Crippen LogP contribution >= 0.6 is 0 Å². The lowest BCUT2D eigenvalue weighted by Crippen LogP contribution is -2.14. The van der Waals surface area contributed by atoms with E-state index in [-0.39, 0.29) is 5.75 Å². The molecule has 0 radical (unpaired) electrons. The summed E-state index contributed by atoms with van der Waals surface area (Å²) in [6, 6.07) is 8.98. The van der Waals surface area contributed by atoms with E-state index >= 15 is 0 Å². The number of nitrogens with one attached hydrogen (secondary N) is 2. The van der Waals surface area contributed by atoms with Crippen molar-refractivity contribution < 1.29 is 8.42 Å². The molecule has 2 N–H and O–H groups in total. The molecule has 0 saturated carbocycles. The van der Waals surface area contributed by atoms with Crippen LogP contribution in [0.1, 0.15) is 13.3 Å². The van der Waals surface area contributed by atoms with Gasteiger partial charge >= 0.3 is 0 Å². The van der Waals surface area contributed by atoms with Crippen molar-refractivity contribution in [1.82, 2.24) is 0 Å². The maximum atomic E-state index is 11.4. The van der Waals surface area contributed by atoms with Gasteiger partial charge in [-0.2, -0.15) is 5.26 Å². The summed E-state index contributed by atoms with van der Waals surface area (Å²) in [7, 11) is -3.24. The Balaban J connectivity index is 2.70. The van der Waals surface area contributed by atoms with Crippen LogP contribution in [0.3, 0.4) is 0 Å². The molecule has 17 heavy (non-hydrogen) atoms. The highest BCUT2D eigenvalue weighted by Crippen LogP contribution is 2.16. The third-order valence-corrected chi connectivity index (χ3v) is 3.39. The molecule has 5 nitrogen and oxygen atoms in total. The highest BCUT2D eigenvalue weighted by molar-refractivity contribution is 7.92. The Hall–Kier alpha value is -1.74. The highest BCUT2D eigenvalue weighted by Gasteiger charge is 2.06. The maximum absolute atomic E-state index is 11.4. The molecule has 0 aliphatic carbocycles. The van der Waals surface area contributed by atoms with Crippen molar-refractivity contribution in [3.63, 3.8) is 0 Å². The maximum Gasteiger partial charge on any atom is 0.232 e. The van der Waals surface area contributed by atoms with Crippen molar-refractivity contribution in [2.45, 2.75) is 13.3 Å². The second-order valence-electron chi connectivity index (χ2n) is 3.42. The molecule has 0 aromatic heterocycles. The SMILES string of the molecule is CCS(=O)(=O)Nc1cccc(NCCC#N)c1. The first-order valence-corrected chi connectivity index (χ1v) is 6.94. The summed E-state index contributed by atoms with van der Waals surface area (Å²) < 4.78 is 25.2. The summed E-state index contributed by atoms with van der Waals surface area (Å²) in [5, 5.41) is 11.4. The second-order valence-corrected chi connectivity index (χ2v) is 5.43. The van der Waals surface area contributed by atoms with E-state index in [9.17, 15) is 8.42 Å². The largest absolute Gasteiger partial charge is 0.384 e. The zero-order chi connectivity index (χ0) is 12.7. The normalized spacial score (nSPS) is 10.6. The number of benzene rings is 1. The Bertz CT molecular complexity index is 506. The van der Waals surface area contributed by atoms with Crippen LogP contribution in [0, 0.1) is 11.3 Å². The van der Waals surface area contributed by atoms with E-state index < -0.39 is 10.0 Å². The quantitative estimate of drug-likeness (QED) is 0.757. The lowest BCUT2D eigenvalue weighted by atomic mass is 10.3. The number of hydrogen-bond donors (Lipinski definition) is 2. The summed E-state index contributed by atoms with van der Waals surface area (Å²) in [6.45, 7) is 2.12. The summed E-state index contributed by atoms with van der Waals surface area (Å²) in [5.41, 5.74) is 1.31. The molecule has 1 aromatic carbocycles. The van der Waals surface area contributed by atoms with Gasteiger partial charge in [-0.1, -0.05) is 6.07 Å². The Morgan fingerprint density at radius 3 is 2.71 bits per heavy atom. The fourth-order valence-corrected chi connectivity index (χ4v) is 1.84. The van der Waals surface area contributed by atoms with Crippen molar-refractivity contribution in [3.8, 4) is 6.07 Å². The van der Waals surface area contributed by atoms with Crippen LogP contribution in [0.15, 0.2) is 24.3 Å². The fourth-order valence-electron chi connectivity index (χ4n) is 1.21. The average molecular weight is 253 g/mol. The van der Waals surface area contributed by atoms with Crippen molar-refractivity contribution in [3.05, 3.63) is 24.3 Å². The van der Waals surface area contributed by atoms with Gasteiger partial charge in [0.05, 0.1) is 23.9 Å². The van der Waals surface area contributed by atoms with Gasteiger partial charge in [-0.25, -0.2) is 8.42 Å². The smallest absolute Gasteiger partial charge is 0.232 e. The fraction of sp³-hybridized carbons (Fsp3) is 0.364. The molecular weight excluding hydrogens is 238 g/mol. The van der Waals surface area contributed by atoms with Gasteiger partial charge in [0.2, 0.25) is 10.0 Å². The van der Waals surface area contributed by atoms with Crippen LogP contribution < -0.4 is 10.0 Å². The third kappa shape index (κ3) is 4.74. The predicted molar refractivity (Wildman–Crippen MR) is 68.2 cm³/mol. The number of rotatable bonds is 6. The predicted octanol–water partition coefficient (Wildman–Crippen LogP) is 1.77. The number of hydrogen-bond acceptors (Lipinski definition) is 4. The zero-order valence-corrected chi connectivity index (χ0v) is 10.4. The van der Waals surface area contributed by atoms with Gasteiger partial charge in [-0.3, -0.25) is 4.72 Å². The number of anilines is 2. The average Bonchev–Trinajstić information content (AvgIpc) is 2.29. The Kier molecular flexibility index (Phi) is 4.79. The first-order chi connectivity index (χ1) is 8.07. The summed E-state index contributed by atoms with van der Waals surface area (Å²) in [5.74, 6) is 0.0408. The van der Waals surface area contributed by atoms with Gasteiger partial charge < -0.3 is 5.32 Å². The van der Waals surface area contributed by atoms with Crippen LogP contribution in [0.4, 0.5) is 11.4 Å². The minimum Gasteiger partial charge on any atom is -0.384 e. The van der Waals surface area contributed by atoms with Crippen LogP contribution in [0.25, 0.3) is 0 Å². The minimum atomic E-state index is -3.24. The molecule has 0 unspecified atom stereocenters. The molecule has 0 amide bonds. The Morgan fingerprint density at radius 1 is 1.35 bits per heavy atom. The summed E-state index contributed by atoms with van der Waals surface area (Å²) >= 11 is 0. The molecule has 0 fully saturated rings. The molecule has 0 atom stereocenters. The Morgan fingerprint density at radius 2 is 2.06 bits per heavy atom. The number of sulfonamides is 1. The van der Waals surface area contributed by atoms with Crippen LogP contribution in [-0.4, -0.2) is 20.7 Å². The van der Waals surface area contributed by atoms with Crippen molar-refractivity contribution >= 4 is 21.4 Å². The number of nitriles is 1. The monoisotopic (exact) mass is 253 g/mol.